The molecule has 0 radical (unpaired) electrons. The molecule has 0 aliphatic rings. The molecule has 0 bridgehead atoms. The molecule has 41 heavy (non-hydrogen) atoms. The third-order valence-electron chi connectivity index (χ3n) is 6.47. The number of pyridine rings is 2. The van der Waals surface area contributed by atoms with Crippen molar-refractivity contribution in [1.82, 2.24) is 9.97 Å². The van der Waals surface area contributed by atoms with Crippen LogP contribution < -0.4 is 0 Å². The summed E-state index contributed by atoms with van der Waals surface area (Å²) in [5.74, 6) is -1.16. The number of fused-ring (bicyclic) bond motifs is 4. The number of nitrogens with zero attached hydrogens (tertiary/aromatic N) is 2. The Labute approximate surface area is 262 Å². The Bertz CT molecular complexity index is 3160. The van der Waals surface area contributed by atoms with E-state index >= 15 is 0 Å². The van der Waals surface area contributed by atoms with Crippen molar-refractivity contribution in [1.29, 1.82) is 0 Å². The monoisotopic (exact) mass is 542 g/mol. The van der Waals surface area contributed by atoms with Gasteiger partial charge in [-0.3, -0.25) is 4.98 Å². The number of rotatable bonds is 4. The quantitative estimate of drug-likeness (QED) is 0.208. The zero-order chi connectivity index (χ0) is 42.8. The minimum atomic E-state index is -0.712. The van der Waals surface area contributed by atoms with Gasteiger partial charge < -0.3 is 4.42 Å². The van der Waals surface area contributed by atoms with Gasteiger partial charge in [0.25, 0.3) is 0 Å². The van der Waals surface area contributed by atoms with E-state index in [2.05, 4.69) is 9.97 Å². The fraction of sp³-hybridized carbons (Fsp3) is 0. The van der Waals surface area contributed by atoms with Crippen LogP contribution in [0.25, 0.3) is 77.6 Å². The first-order valence-corrected chi connectivity index (χ1v) is 12.3. The maximum absolute atomic E-state index is 9.09. The van der Waals surface area contributed by atoms with Crippen molar-refractivity contribution >= 4 is 32.6 Å². The Morgan fingerprint density at radius 1 is 0.512 bits per heavy atom. The molecule has 3 nitrogen and oxygen atoms in total. The van der Waals surface area contributed by atoms with Gasteiger partial charge in [0, 0.05) is 33.6 Å². The minimum Gasteiger partial charge on any atom is -0.456 e. The van der Waals surface area contributed by atoms with E-state index in [-0.39, 0.29) is 44.2 Å². The highest BCUT2D eigenvalue weighted by molar-refractivity contribution is 6.07. The summed E-state index contributed by atoms with van der Waals surface area (Å²) in [5, 5.41) is 0.357. The Hall–Kier alpha value is -5.54. The second-order valence-electron chi connectivity index (χ2n) is 8.85. The van der Waals surface area contributed by atoms with E-state index in [0.717, 1.165) is 0 Å². The summed E-state index contributed by atoms with van der Waals surface area (Å²) >= 11 is 0. The molecule has 0 N–H and O–H groups in total. The number of hydrogen-bond donors (Lipinski definition) is 0. The SMILES string of the molecule is [2H]c1nc2c(c([2H])c1[2H])c([2H])c([2H])c1c([2H])c([2H])c(-c3ccc(-c4c([2H])c([2H])c(-c5oc(-c6c([2H])c([2H])c([2H])c([2H])c6[2H])c([2H])c5[2H])c([2H])c4[2H])c4ccccc34)nc12. The number of furan rings is 1. The summed E-state index contributed by atoms with van der Waals surface area (Å²) < 4.78 is 159. The molecule has 8 rings (SSSR count). The molecule has 0 atom stereocenters. The Balaban J connectivity index is 1.34. The largest absolute Gasteiger partial charge is 0.456 e. The third-order valence-corrected chi connectivity index (χ3v) is 6.47. The van der Waals surface area contributed by atoms with Gasteiger partial charge in [0.05, 0.1) is 41.4 Å². The van der Waals surface area contributed by atoms with Crippen LogP contribution in [0.2, 0.25) is 0 Å². The van der Waals surface area contributed by atoms with Crippen molar-refractivity contribution in [2.75, 3.05) is 0 Å². The molecule has 0 fully saturated rings. The van der Waals surface area contributed by atoms with Crippen LogP contribution >= 0.6 is 0 Å². The maximum Gasteiger partial charge on any atom is 0.134 e. The first-order chi connectivity index (χ1) is 27.8. The first kappa shape index (κ1) is 11.5. The van der Waals surface area contributed by atoms with E-state index in [1.165, 1.54) is 12.1 Å². The predicted octanol–water partition coefficient (Wildman–Crippen LogP) is 10.2. The summed E-state index contributed by atoms with van der Waals surface area (Å²) in [6, 6.07) is -0.751. The lowest BCUT2D eigenvalue weighted by atomic mass is 9.93. The van der Waals surface area contributed by atoms with Crippen molar-refractivity contribution in [2.24, 2.45) is 0 Å². The number of benzene rings is 5. The molecule has 8 aromatic rings. The van der Waals surface area contributed by atoms with E-state index in [1.807, 2.05) is 0 Å². The second-order valence-corrected chi connectivity index (χ2v) is 8.85. The van der Waals surface area contributed by atoms with E-state index in [4.69, 9.17) is 29.1 Å². The molecular weight excluding hydrogens is 500 g/mol. The summed E-state index contributed by atoms with van der Waals surface area (Å²) in [4.78, 5) is 8.74. The molecule has 0 spiro atoms. The minimum absolute atomic E-state index is 0.0738. The number of hydrogen-bond acceptors (Lipinski definition) is 3. The molecule has 5 aromatic carbocycles. The molecule has 0 saturated carbocycles. The lowest BCUT2D eigenvalue weighted by Gasteiger charge is -2.13. The van der Waals surface area contributed by atoms with Crippen molar-refractivity contribution in [3.8, 4) is 45.0 Å². The summed E-state index contributed by atoms with van der Waals surface area (Å²) in [6.07, 6.45) is -0.577. The van der Waals surface area contributed by atoms with Crippen LogP contribution in [0.1, 0.15) is 24.7 Å². The average molecular weight is 543 g/mol. The lowest BCUT2D eigenvalue weighted by Crippen LogP contribution is -1.91. The Morgan fingerprint density at radius 2 is 1.15 bits per heavy atom. The van der Waals surface area contributed by atoms with Crippen molar-refractivity contribution in [3.63, 3.8) is 0 Å². The topological polar surface area (TPSA) is 38.9 Å². The van der Waals surface area contributed by atoms with Gasteiger partial charge in [0.2, 0.25) is 0 Å². The second kappa shape index (κ2) is 9.58. The fourth-order valence-corrected chi connectivity index (χ4v) is 4.58. The molecular formula is C38H24N2O. The summed E-state index contributed by atoms with van der Waals surface area (Å²) in [5.41, 5.74) is -1.06. The molecule has 3 aromatic heterocycles. The molecule has 3 heterocycles. The van der Waals surface area contributed by atoms with E-state index in [1.54, 1.807) is 24.3 Å². The molecule has 192 valence electrons. The smallest absolute Gasteiger partial charge is 0.134 e. The van der Waals surface area contributed by atoms with Gasteiger partial charge >= 0.3 is 0 Å². The molecule has 0 aliphatic carbocycles. The normalized spacial score (nSPS) is 17.6. The average Bonchev–Trinajstić information content (AvgIpc) is 3.49. The van der Waals surface area contributed by atoms with Crippen molar-refractivity contribution in [2.45, 2.75) is 0 Å². The van der Waals surface area contributed by atoms with Crippen molar-refractivity contribution in [3.05, 3.63) is 145 Å². The summed E-state index contributed by atoms with van der Waals surface area (Å²) in [7, 11) is 0. The van der Waals surface area contributed by atoms with Gasteiger partial charge in [-0.1, -0.05) is 115 Å². The first-order valence-electron chi connectivity index (χ1n) is 21.3. The van der Waals surface area contributed by atoms with Crippen LogP contribution in [0, 0.1) is 0 Å². The zero-order valence-electron chi connectivity index (χ0n) is 38.8. The molecule has 0 saturated heterocycles. The standard InChI is InChI=1S/C38H24N2O/c1-2-7-26(8-3-1)35-22-23-36(41-35)27-14-12-25(13-15-27)30-19-20-33(32-11-5-4-10-31(30)32)34-21-18-29-17-16-28-9-6-24-39-37(28)38(29)40-34/h1-24H/i1D,2D,3D,6D,7D,8D,9D,12D,13D,14D,15D,16D,17D,18D,21D,22D,23D,24D. The fourth-order valence-electron chi connectivity index (χ4n) is 4.58. The summed E-state index contributed by atoms with van der Waals surface area (Å²) in [6.45, 7) is 0. The van der Waals surface area contributed by atoms with Gasteiger partial charge in [0.1, 0.15) is 11.5 Å². The van der Waals surface area contributed by atoms with Crippen LogP contribution in [-0.2, 0) is 0 Å². The van der Waals surface area contributed by atoms with Gasteiger partial charge in [-0.05, 0) is 46.1 Å². The van der Waals surface area contributed by atoms with Gasteiger partial charge in [-0.25, -0.2) is 4.98 Å². The zero-order valence-corrected chi connectivity index (χ0v) is 20.8. The molecule has 3 heteroatoms. The van der Waals surface area contributed by atoms with E-state index in [9.17, 15) is 0 Å². The highest BCUT2D eigenvalue weighted by Crippen LogP contribution is 2.37. The van der Waals surface area contributed by atoms with Gasteiger partial charge in [-0.15, -0.1) is 0 Å². The molecule has 0 aliphatic heterocycles. The van der Waals surface area contributed by atoms with Gasteiger partial charge in [-0.2, -0.15) is 0 Å². The Morgan fingerprint density at radius 3 is 1.93 bits per heavy atom. The van der Waals surface area contributed by atoms with Crippen LogP contribution in [-0.4, -0.2) is 9.97 Å². The maximum atomic E-state index is 9.09. The van der Waals surface area contributed by atoms with Crippen LogP contribution in [0.15, 0.2) is 150 Å². The number of aromatic nitrogens is 2. The molecule has 0 unspecified atom stereocenters. The predicted molar refractivity (Wildman–Crippen MR) is 169 cm³/mol. The van der Waals surface area contributed by atoms with Crippen LogP contribution in [0.3, 0.4) is 0 Å². The highest BCUT2D eigenvalue weighted by Gasteiger charge is 2.13. The van der Waals surface area contributed by atoms with Crippen LogP contribution in [0.4, 0.5) is 0 Å². The van der Waals surface area contributed by atoms with E-state index < -0.39 is 132 Å². The van der Waals surface area contributed by atoms with Crippen molar-refractivity contribution < 1.29 is 29.1 Å². The molecule has 0 amide bonds. The Kier molecular flexibility index (Phi) is 2.69. The third kappa shape index (κ3) is 4.07. The highest BCUT2D eigenvalue weighted by atomic mass is 16.3. The van der Waals surface area contributed by atoms with E-state index in [0.29, 0.717) is 10.8 Å². The van der Waals surface area contributed by atoms with Crippen LogP contribution in [0.5, 0.6) is 0 Å². The van der Waals surface area contributed by atoms with Gasteiger partial charge in [0.15, 0.2) is 0 Å². The lowest BCUT2D eigenvalue weighted by molar-refractivity contribution is 0.597.